The number of ether oxygens (including phenoxy) is 2. The summed E-state index contributed by atoms with van der Waals surface area (Å²) in [6.07, 6.45) is 0.678. The number of methoxy groups -OCH3 is 2. The zero-order valence-corrected chi connectivity index (χ0v) is 13.5. The highest BCUT2D eigenvalue weighted by atomic mass is 35.5. The van der Waals surface area contributed by atoms with E-state index < -0.39 is 5.41 Å². The van der Waals surface area contributed by atoms with Crippen molar-refractivity contribution in [1.82, 2.24) is 0 Å². The lowest BCUT2D eigenvalue weighted by Gasteiger charge is -2.23. The Bertz CT molecular complexity index is 518. The predicted molar refractivity (Wildman–Crippen MR) is 84.9 cm³/mol. The Morgan fingerprint density at radius 2 is 1.95 bits per heavy atom. The van der Waals surface area contributed by atoms with Crippen LogP contribution in [-0.4, -0.2) is 31.8 Å². The van der Waals surface area contributed by atoms with E-state index in [4.69, 9.17) is 32.0 Å². The molecule has 0 saturated carbocycles. The minimum Gasteiger partial charge on any atom is -0.495 e. The summed E-state index contributed by atoms with van der Waals surface area (Å²) in [7, 11) is 3.13. The topological polar surface area (TPSA) is 89.1 Å². The fourth-order valence-electron chi connectivity index (χ4n) is 1.77. The molecule has 0 radical (unpaired) electrons. The third-order valence-electron chi connectivity index (χ3n) is 3.34. The first kappa shape index (κ1) is 17.2. The molecule has 1 aromatic rings. The maximum atomic E-state index is 8.76. The van der Waals surface area contributed by atoms with Crippen molar-refractivity contribution in [2.24, 2.45) is 16.3 Å². The predicted octanol–water partition coefficient (Wildman–Crippen LogP) is 2.93. The van der Waals surface area contributed by atoms with Gasteiger partial charge in [0.25, 0.3) is 0 Å². The van der Waals surface area contributed by atoms with E-state index in [0.717, 1.165) is 5.69 Å². The molecule has 0 fully saturated rings. The molecule has 1 rings (SSSR count). The molecule has 7 heteroatoms. The van der Waals surface area contributed by atoms with Gasteiger partial charge in [-0.25, -0.2) is 0 Å². The van der Waals surface area contributed by atoms with Crippen molar-refractivity contribution in [3.05, 3.63) is 17.2 Å². The summed E-state index contributed by atoms with van der Waals surface area (Å²) in [5.41, 5.74) is 6.02. The van der Waals surface area contributed by atoms with E-state index in [1.165, 1.54) is 0 Å². The van der Waals surface area contributed by atoms with Gasteiger partial charge in [-0.3, -0.25) is 0 Å². The monoisotopic (exact) mass is 315 g/mol. The van der Waals surface area contributed by atoms with Gasteiger partial charge in [-0.05, 0) is 6.42 Å². The molecule has 0 heterocycles. The SMILES string of the molecule is COc1cc(NCCC(C)(C)C(N)=NO)c(OC)cc1Cl. The number of rotatable bonds is 7. The van der Waals surface area contributed by atoms with Gasteiger partial charge in [0.15, 0.2) is 0 Å². The Morgan fingerprint density at radius 3 is 2.48 bits per heavy atom. The zero-order chi connectivity index (χ0) is 16.0. The van der Waals surface area contributed by atoms with Gasteiger partial charge in [-0.1, -0.05) is 30.6 Å². The molecule has 0 bridgehead atoms. The normalized spacial score (nSPS) is 12.1. The number of hydrogen-bond donors (Lipinski definition) is 3. The quantitative estimate of drug-likeness (QED) is 0.311. The first-order valence-electron chi connectivity index (χ1n) is 6.49. The molecular formula is C14H22ClN3O3. The van der Waals surface area contributed by atoms with Gasteiger partial charge in [0, 0.05) is 24.1 Å². The van der Waals surface area contributed by atoms with Crippen LogP contribution in [0.5, 0.6) is 11.5 Å². The first-order chi connectivity index (χ1) is 9.85. The van der Waals surface area contributed by atoms with Crippen molar-refractivity contribution in [3.8, 4) is 11.5 Å². The molecule has 0 unspecified atom stereocenters. The number of benzene rings is 1. The average molecular weight is 316 g/mol. The lowest BCUT2D eigenvalue weighted by molar-refractivity contribution is 0.306. The summed E-state index contributed by atoms with van der Waals surface area (Å²) in [6.45, 7) is 4.43. The minimum absolute atomic E-state index is 0.199. The molecule has 0 aliphatic heterocycles. The van der Waals surface area contributed by atoms with E-state index >= 15 is 0 Å². The van der Waals surface area contributed by atoms with Crippen LogP contribution in [0.3, 0.4) is 0 Å². The summed E-state index contributed by atoms with van der Waals surface area (Å²) in [5.74, 6) is 1.39. The Morgan fingerprint density at radius 1 is 1.33 bits per heavy atom. The van der Waals surface area contributed by atoms with Crippen molar-refractivity contribution in [1.29, 1.82) is 0 Å². The van der Waals surface area contributed by atoms with E-state index in [1.807, 2.05) is 13.8 Å². The average Bonchev–Trinajstić information content (AvgIpc) is 2.47. The number of hydrogen-bond acceptors (Lipinski definition) is 5. The van der Waals surface area contributed by atoms with Crippen LogP contribution in [-0.2, 0) is 0 Å². The molecule has 0 aliphatic carbocycles. The number of halogens is 1. The first-order valence-corrected chi connectivity index (χ1v) is 6.87. The molecule has 0 aromatic heterocycles. The number of nitrogens with zero attached hydrogens (tertiary/aromatic N) is 1. The fraction of sp³-hybridized carbons (Fsp3) is 0.500. The molecule has 4 N–H and O–H groups in total. The van der Waals surface area contributed by atoms with Crippen LogP contribution in [0, 0.1) is 5.41 Å². The third-order valence-corrected chi connectivity index (χ3v) is 3.64. The van der Waals surface area contributed by atoms with Crippen molar-refractivity contribution < 1.29 is 14.7 Å². The van der Waals surface area contributed by atoms with Crippen molar-refractivity contribution in [2.75, 3.05) is 26.1 Å². The number of anilines is 1. The molecule has 0 atom stereocenters. The van der Waals surface area contributed by atoms with Gasteiger partial charge >= 0.3 is 0 Å². The van der Waals surface area contributed by atoms with Gasteiger partial charge in [0.2, 0.25) is 0 Å². The Hall–Kier alpha value is -1.82. The summed E-state index contributed by atoms with van der Waals surface area (Å²) in [6, 6.07) is 3.47. The number of nitrogens with two attached hydrogens (primary N) is 1. The number of amidine groups is 1. The summed E-state index contributed by atoms with van der Waals surface area (Å²) < 4.78 is 10.5. The maximum absolute atomic E-state index is 8.76. The van der Waals surface area contributed by atoms with Crippen LogP contribution in [0.2, 0.25) is 5.02 Å². The largest absolute Gasteiger partial charge is 0.495 e. The Balaban J connectivity index is 2.80. The van der Waals surface area contributed by atoms with Crippen molar-refractivity contribution in [2.45, 2.75) is 20.3 Å². The molecule has 0 aliphatic rings. The standard InChI is InChI=1S/C14H22ClN3O3/c1-14(2,13(16)18-19)5-6-17-10-8-11(20-3)9(15)7-12(10)21-4/h7-8,17,19H,5-6H2,1-4H3,(H2,16,18). The molecular weight excluding hydrogens is 294 g/mol. The Kier molecular flexibility index (Phi) is 5.96. The highest BCUT2D eigenvalue weighted by Gasteiger charge is 2.23. The maximum Gasteiger partial charge on any atom is 0.144 e. The van der Waals surface area contributed by atoms with E-state index in [9.17, 15) is 0 Å². The molecule has 21 heavy (non-hydrogen) atoms. The van der Waals surface area contributed by atoms with E-state index in [1.54, 1.807) is 26.4 Å². The van der Waals surface area contributed by atoms with Crippen molar-refractivity contribution >= 4 is 23.1 Å². The van der Waals surface area contributed by atoms with Gasteiger partial charge in [-0.2, -0.15) is 0 Å². The third kappa shape index (κ3) is 4.32. The summed E-state index contributed by atoms with van der Waals surface area (Å²) in [4.78, 5) is 0. The second-order valence-electron chi connectivity index (χ2n) is 5.23. The molecule has 0 spiro atoms. The zero-order valence-electron chi connectivity index (χ0n) is 12.7. The van der Waals surface area contributed by atoms with Gasteiger partial charge in [0.1, 0.15) is 17.3 Å². The molecule has 1 aromatic carbocycles. The van der Waals surface area contributed by atoms with Gasteiger partial charge < -0.3 is 25.7 Å². The van der Waals surface area contributed by atoms with Crippen LogP contribution >= 0.6 is 11.6 Å². The second kappa shape index (κ2) is 7.26. The van der Waals surface area contributed by atoms with Crippen LogP contribution < -0.4 is 20.5 Å². The van der Waals surface area contributed by atoms with Crippen LogP contribution in [0.1, 0.15) is 20.3 Å². The van der Waals surface area contributed by atoms with E-state index in [0.29, 0.717) is 29.5 Å². The van der Waals surface area contributed by atoms with E-state index in [-0.39, 0.29) is 5.84 Å². The summed E-state index contributed by atoms with van der Waals surface area (Å²) >= 11 is 6.05. The molecule has 6 nitrogen and oxygen atoms in total. The van der Waals surface area contributed by atoms with Crippen LogP contribution in [0.25, 0.3) is 0 Å². The highest BCUT2D eigenvalue weighted by Crippen LogP contribution is 2.36. The lowest BCUT2D eigenvalue weighted by atomic mass is 9.88. The summed E-state index contributed by atoms with van der Waals surface area (Å²) in [5, 5.41) is 15.6. The molecule has 118 valence electrons. The van der Waals surface area contributed by atoms with Crippen LogP contribution in [0.15, 0.2) is 17.3 Å². The second-order valence-corrected chi connectivity index (χ2v) is 5.64. The van der Waals surface area contributed by atoms with Crippen molar-refractivity contribution in [3.63, 3.8) is 0 Å². The lowest BCUT2D eigenvalue weighted by Crippen LogP contribution is -2.33. The Labute approximate surface area is 129 Å². The van der Waals surface area contributed by atoms with Gasteiger partial charge in [-0.15, -0.1) is 0 Å². The smallest absolute Gasteiger partial charge is 0.144 e. The number of nitrogens with one attached hydrogen (secondary N) is 1. The van der Waals surface area contributed by atoms with E-state index in [2.05, 4.69) is 10.5 Å². The number of oxime groups is 1. The molecule has 0 saturated heterocycles. The fourth-order valence-corrected chi connectivity index (χ4v) is 2.00. The minimum atomic E-state index is -0.411. The highest BCUT2D eigenvalue weighted by molar-refractivity contribution is 6.32. The molecule has 0 amide bonds. The van der Waals surface area contributed by atoms with Crippen LogP contribution in [0.4, 0.5) is 5.69 Å². The van der Waals surface area contributed by atoms with Gasteiger partial charge in [0.05, 0.1) is 24.9 Å².